The lowest BCUT2D eigenvalue weighted by Crippen LogP contribution is -2.41. The molecule has 0 fully saturated rings. The van der Waals surface area contributed by atoms with Gasteiger partial charge in [-0.1, -0.05) is 43.3 Å². The first-order valence-corrected chi connectivity index (χ1v) is 6.02. The van der Waals surface area contributed by atoms with Crippen molar-refractivity contribution in [1.29, 1.82) is 0 Å². The van der Waals surface area contributed by atoms with Gasteiger partial charge in [-0.15, -0.1) is 0 Å². The lowest BCUT2D eigenvalue weighted by Gasteiger charge is -2.27. The third-order valence-corrected chi connectivity index (χ3v) is 2.79. The van der Waals surface area contributed by atoms with E-state index in [0.29, 0.717) is 0 Å². The Hall–Kier alpha value is -1.57. The molecule has 0 aromatic heterocycles. The third kappa shape index (κ3) is 3.74. The van der Waals surface area contributed by atoms with Gasteiger partial charge in [-0.25, -0.2) is 0 Å². The number of rotatable bonds is 4. The zero-order chi connectivity index (χ0) is 12.9. The second kappa shape index (κ2) is 5.67. The summed E-state index contributed by atoms with van der Waals surface area (Å²) in [5.74, 6) is 0.000651. The summed E-state index contributed by atoms with van der Waals surface area (Å²) < 4.78 is 0. The fourth-order valence-electron chi connectivity index (χ4n) is 1.71. The van der Waals surface area contributed by atoms with E-state index >= 15 is 0 Å². The molecule has 92 valence electrons. The van der Waals surface area contributed by atoms with E-state index in [2.05, 4.69) is 5.32 Å². The van der Waals surface area contributed by atoms with E-state index in [9.17, 15) is 4.79 Å². The van der Waals surface area contributed by atoms with Crippen LogP contribution in [0.2, 0.25) is 0 Å². The van der Waals surface area contributed by atoms with Crippen molar-refractivity contribution in [3.8, 4) is 0 Å². The molecule has 0 aliphatic carbocycles. The Labute approximate surface area is 104 Å². The first-order valence-electron chi connectivity index (χ1n) is 6.02. The number of carbonyl (C=O) groups excluding carboxylic acids is 1. The zero-order valence-electron chi connectivity index (χ0n) is 11.1. The average Bonchev–Trinajstić information content (AvgIpc) is 2.30. The van der Waals surface area contributed by atoms with Gasteiger partial charge >= 0.3 is 0 Å². The molecule has 0 aliphatic rings. The molecule has 2 heteroatoms. The van der Waals surface area contributed by atoms with Crippen LogP contribution in [0, 0.1) is 0 Å². The van der Waals surface area contributed by atoms with Crippen molar-refractivity contribution < 1.29 is 4.79 Å². The van der Waals surface area contributed by atoms with E-state index in [1.165, 1.54) is 0 Å². The SMILES string of the molecule is CC/C=C(\C)C(=O)NC(C)(C)c1ccccc1. The molecule has 17 heavy (non-hydrogen) atoms. The van der Waals surface area contributed by atoms with Crippen molar-refractivity contribution in [1.82, 2.24) is 5.32 Å². The number of amides is 1. The molecule has 0 spiro atoms. The molecule has 1 amide bonds. The van der Waals surface area contributed by atoms with Gasteiger partial charge in [0.25, 0.3) is 0 Å². The molecule has 0 atom stereocenters. The number of hydrogen-bond acceptors (Lipinski definition) is 1. The van der Waals surface area contributed by atoms with Crippen LogP contribution >= 0.6 is 0 Å². The minimum Gasteiger partial charge on any atom is -0.343 e. The maximum absolute atomic E-state index is 11.9. The minimum absolute atomic E-state index is 0.000651. The standard InChI is InChI=1S/C15H21NO/c1-5-9-12(2)14(17)16-15(3,4)13-10-7-6-8-11-13/h6-11H,5H2,1-4H3,(H,16,17)/b12-9+. The molecule has 0 saturated heterocycles. The number of allylic oxidation sites excluding steroid dienone is 1. The molecule has 2 nitrogen and oxygen atoms in total. The number of hydrogen-bond donors (Lipinski definition) is 1. The quantitative estimate of drug-likeness (QED) is 0.791. The van der Waals surface area contributed by atoms with E-state index in [-0.39, 0.29) is 11.4 Å². The van der Waals surface area contributed by atoms with Crippen LogP contribution in [0.15, 0.2) is 42.0 Å². The summed E-state index contributed by atoms with van der Waals surface area (Å²) in [6, 6.07) is 10.00. The molecular formula is C15H21NO. The van der Waals surface area contributed by atoms with Crippen molar-refractivity contribution in [3.63, 3.8) is 0 Å². The molecular weight excluding hydrogens is 210 g/mol. The van der Waals surface area contributed by atoms with Crippen LogP contribution in [0.25, 0.3) is 0 Å². The van der Waals surface area contributed by atoms with Crippen LogP contribution in [0.3, 0.4) is 0 Å². The van der Waals surface area contributed by atoms with Crippen LogP contribution in [-0.4, -0.2) is 5.91 Å². The molecule has 0 bridgehead atoms. The van der Waals surface area contributed by atoms with Crippen LogP contribution in [-0.2, 0) is 10.3 Å². The lowest BCUT2D eigenvalue weighted by atomic mass is 9.94. The fraction of sp³-hybridized carbons (Fsp3) is 0.400. The normalized spacial score (nSPS) is 12.4. The number of carbonyl (C=O) groups is 1. The lowest BCUT2D eigenvalue weighted by molar-refractivity contribution is -0.119. The van der Waals surface area contributed by atoms with E-state index < -0.39 is 0 Å². The van der Waals surface area contributed by atoms with Gasteiger partial charge < -0.3 is 5.32 Å². The highest BCUT2D eigenvalue weighted by Crippen LogP contribution is 2.19. The van der Waals surface area contributed by atoms with Crippen LogP contribution in [0.4, 0.5) is 0 Å². The van der Waals surface area contributed by atoms with E-state index in [1.54, 1.807) is 0 Å². The van der Waals surface area contributed by atoms with Crippen LogP contribution in [0.5, 0.6) is 0 Å². The summed E-state index contributed by atoms with van der Waals surface area (Å²) in [7, 11) is 0. The number of nitrogens with one attached hydrogen (secondary N) is 1. The smallest absolute Gasteiger partial charge is 0.247 e. The van der Waals surface area contributed by atoms with Crippen molar-refractivity contribution in [3.05, 3.63) is 47.5 Å². The van der Waals surface area contributed by atoms with E-state index in [4.69, 9.17) is 0 Å². The van der Waals surface area contributed by atoms with Crippen LogP contribution in [0.1, 0.15) is 39.7 Å². The molecule has 1 N–H and O–H groups in total. The largest absolute Gasteiger partial charge is 0.343 e. The predicted molar refractivity (Wildman–Crippen MR) is 71.7 cm³/mol. The summed E-state index contributed by atoms with van der Waals surface area (Å²) in [4.78, 5) is 11.9. The Kier molecular flexibility index (Phi) is 4.50. The maximum atomic E-state index is 11.9. The Morgan fingerprint density at radius 3 is 2.41 bits per heavy atom. The van der Waals surface area contributed by atoms with Gasteiger partial charge in [0, 0.05) is 5.57 Å². The van der Waals surface area contributed by atoms with Gasteiger partial charge in [0.1, 0.15) is 0 Å². The molecule has 1 aromatic rings. The van der Waals surface area contributed by atoms with Gasteiger partial charge in [-0.3, -0.25) is 4.79 Å². The second-order valence-electron chi connectivity index (χ2n) is 4.74. The first-order chi connectivity index (χ1) is 7.97. The monoisotopic (exact) mass is 231 g/mol. The minimum atomic E-state index is -0.346. The summed E-state index contributed by atoms with van der Waals surface area (Å²) in [6.45, 7) is 7.90. The fourth-order valence-corrected chi connectivity index (χ4v) is 1.71. The highest BCUT2D eigenvalue weighted by atomic mass is 16.1. The van der Waals surface area contributed by atoms with Gasteiger partial charge in [0.15, 0.2) is 0 Å². The van der Waals surface area contributed by atoms with Crippen molar-refractivity contribution >= 4 is 5.91 Å². The van der Waals surface area contributed by atoms with Crippen molar-refractivity contribution in [2.75, 3.05) is 0 Å². The Bertz CT molecular complexity index is 404. The second-order valence-corrected chi connectivity index (χ2v) is 4.74. The van der Waals surface area contributed by atoms with Gasteiger partial charge in [-0.2, -0.15) is 0 Å². The molecule has 0 saturated carbocycles. The van der Waals surface area contributed by atoms with Gasteiger partial charge in [-0.05, 0) is 32.8 Å². The summed E-state index contributed by atoms with van der Waals surface area (Å²) in [6.07, 6.45) is 2.82. The summed E-state index contributed by atoms with van der Waals surface area (Å²) in [5.41, 5.74) is 1.54. The third-order valence-electron chi connectivity index (χ3n) is 2.79. The molecule has 0 heterocycles. The highest BCUT2D eigenvalue weighted by molar-refractivity contribution is 5.93. The highest BCUT2D eigenvalue weighted by Gasteiger charge is 2.22. The van der Waals surface area contributed by atoms with Crippen molar-refractivity contribution in [2.24, 2.45) is 0 Å². The molecule has 0 radical (unpaired) electrons. The molecule has 1 aromatic carbocycles. The summed E-state index contributed by atoms with van der Waals surface area (Å²) in [5, 5.41) is 3.05. The average molecular weight is 231 g/mol. The predicted octanol–water partition coefficient (Wildman–Crippen LogP) is 3.39. The van der Waals surface area contributed by atoms with E-state index in [1.807, 2.05) is 64.1 Å². The van der Waals surface area contributed by atoms with Crippen LogP contribution < -0.4 is 5.32 Å². The molecule has 0 unspecified atom stereocenters. The number of benzene rings is 1. The van der Waals surface area contributed by atoms with Crippen molar-refractivity contribution in [2.45, 2.75) is 39.7 Å². The Morgan fingerprint density at radius 2 is 1.88 bits per heavy atom. The zero-order valence-corrected chi connectivity index (χ0v) is 11.1. The van der Waals surface area contributed by atoms with E-state index in [0.717, 1.165) is 17.6 Å². The first kappa shape index (κ1) is 13.5. The Balaban J connectivity index is 2.81. The maximum Gasteiger partial charge on any atom is 0.247 e. The summed E-state index contributed by atoms with van der Waals surface area (Å²) >= 11 is 0. The topological polar surface area (TPSA) is 29.1 Å². The van der Waals surface area contributed by atoms with Gasteiger partial charge in [0.2, 0.25) is 5.91 Å². The molecule has 0 aliphatic heterocycles. The Morgan fingerprint density at radius 1 is 1.29 bits per heavy atom. The van der Waals surface area contributed by atoms with Gasteiger partial charge in [0.05, 0.1) is 5.54 Å². The molecule has 1 rings (SSSR count).